The molecule has 2 aliphatic rings. The monoisotopic (exact) mass is 357 g/mol. The standard InChI is InChI=1S/C20H27N3O3/c21-13-16-3-1-2-4-18(16)26-15-20(14-22-17-5-6-17)8-11-23(12-9-20)10-7-19(24)25/h1-4,17,22H,5-12,14-15H2,(H,24,25). The van der Waals surface area contributed by atoms with Gasteiger partial charge in [0.15, 0.2) is 0 Å². The maximum Gasteiger partial charge on any atom is 0.304 e. The largest absolute Gasteiger partial charge is 0.492 e. The van der Waals surface area contributed by atoms with Gasteiger partial charge in [-0.05, 0) is 50.9 Å². The summed E-state index contributed by atoms with van der Waals surface area (Å²) in [5, 5.41) is 21.8. The molecule has 1 aliphatic heterocycles. The summed E-state index contributed by atoms with van der Waals surface area (Å²) >= 11 is 0. The number of aliphatic carboxylic acids is 1. The number of piperidine rings is 1. The van der Waals surface area contributed by atoms with Crippen molar-refractivity contribution >= 4 is 5.97 Å². The Morgan fingerprint density at radius 1 is 1.35 bits per heavy atom. The lowest BCUT2D eigenvalue weighted by Crippen LogP contribution is -2.49. The molecule has 0 atom stereocenters. The van der Waals surface area contributed by atoms with Crippen LogP contribution in [0.15, 0.2) is 24.3 Å². The molecule has 0 radical (unpaired) electrons. The first kappa shape index (κ1) is 18.7. The third-order valence-corrected chi connectivity index (χ3v) is 5.44. The van der Waals surface area contributed by atoms with Crippen molar-refractivity contribution in [2.24, 2.45) is 5.41 Å². The van der Waals surface area contributed by atoms with E-state index in [4.69, 9.17) is 9.84 Å². The Morgan fingerprint density at radius 2 is 2.08 bits per heavy atom. The van der Waals surface area contributed by atoms with E-state index in [9.17, 15) is 10.1 Å². The van der Waals surface area contributed by atoms with Gasteiger partial charge in [-0.2, -0.15) is 5.26 Å². The van der Waals surface area contributed by atoms with Gasteiger partial charge in [0.1, 0.15) is 11.8 Å². The minimum Gasteiger partial charge on any atom is -0.492 e. The number of nitriles is 1. The van der Waals surface area contributed by atoms with Gasteiger partial charge in [-0.3, -0.25) is 4.79 Å². The molecule has 1 saturated heterocycles. The summed E-state index contributed by atoms with van der Waals surface area (Å²) in [5.74, 6) is -0.0946. The average molecular weight is 357 g/mol. The molecule has 0 aromatic heterocycles. The number of hydrogen-bond donors (Lipinski definition) is 2. The van der Waals surface area contributed by atoms with E-state index < -0.39 is 5.97 Å². The number of benzene rings is 1. The molecular formula is C20H27N3O3. The molecule has 26 heavy (non-hydrogen) atoms. The quantitative estimate of drug-likeness (QED) is 0.705. The van der Waals surface area contributed by atoms with Crippen LogP contribution in [0.25, 0.3) is 0 Å². The van der Waals surface area contributed by atoms with Crippen LogP contribution in [-0.4, -0.2) is 54.8 Å². The SMILES string of the molecule is N#Cc1ccccc1OCC1(CNC2CC2)CCN(CCC(=O)O)CC1. The molecule has 1 aromatic carbocycles. The first-order valence-corrected chi connectivity index (χ1v) is 9.40. The number of para-hydroxylation sites is 1. The minimum absolute atomic E-state index is 0.0326. The number of hydrogen-bond acceptors (Lipinski definition) is 5. The van der Waals surface area contributed by atoms with Gasteiger partial charge in [-0.15, -0.1) is 0 Å². The van der Waals surface area contributed by atoms with E-state index in [0.717, 1.165) is 32.5 Å². The summed E-state index contributed by atoms with van der Waals surface area (Å²) in [6.07, 6.45) is 4.64. The van der Waals surface area contributed by atoms with Gasteiger partial charge in [-0.25, -0.2) is 0 Å². The van der Waals surface area contributed by atoms with Crippen molar-refractivity contribution in [1.29, 1.82) is 5.26 Å². The van der Waals surface area contributed by atoms with Crippen LogP contribution in [-0.2, 0) is 4.79 Å². The van der Waals surface area contributed by atoms with Crippen molar-refractivity contribution in [3.63, 3.8) is 0 Å². The van der Waals surface area contributed by atoms with Gasteiger partial charge in [0.2, 0.25) is 0 Å². The fraction of sp³-hybridized carbons (Fsp3) is 0.600. The van der Waals surface area contributed by atoms with Crippen molar-refractivity contribution in [2.45, 2.75) is 38.1 Å². The molecule has 6 heteroatoms. The first-order chi connectivity index (χ1) is 12.6. The molecule has 1 heterocycles. The molecule has 0 bridgehead atoms. The van der Waals surface area contributed by atoms with Crippen LogP contribution in [0, 0.1) is 16.7 Å². The average Bonchev–Trinajstić information content (AvgIpc) is 3.49. The zero-order valence-corrected chi connectivity index (χ0v) is 15.1. The van der Waals surface area contributed by atoms with Gasteiger partial charge in [0, 0.05) is 24.5 Å². The Labute approximate surface area is 154 Å². The third kappa shape index (κ3) is 5.20. The lowest BCUT2D eigenvalue weighted by Gasteiger charge is -2.41. The predicted molar refractivity (Wildman–Crippen MR) is 98.0 cm³/mol. The molecule has 3 rings (SSSR count). The van der Waals surface area contributed by atoms with Gasteiger partial charge >= 0.3 is 5.97 Å². The minimum atomic E-state index is -0.742. The molecule has 1 aromatic rings. The number of carboxylic acid groups (broad SMARTS) is 1. The van der Waals surface area contributed by atoms with Gasteiger partial charge < -0.3 is 20.1 Å². The maximum atomic E-state index is 10.8. The summed E-state index contributed by atoms with van der Waals surface area (Å²) in [6, 6.07) is 10.2. The lowest BCUT2D eigenvalue weighted by atomic mass is 9.78. The van der Waals surface area contributed by atoms with E-state index in [1.807, 2.05) is 18.2 Å². The molecule has 0 unspecified atom stereocenters. The predicted octanol–water partition coefficient (Wildman–Crippen LogP) is 2.25. The molecule has 2 fully saturated rings. The van der Waals surface area contributed by atoms with E-state index in [0.29, 0.717) is 30.5 Å². The Morgan fingerprint density at radius 3 is 2.73 bits per heavy atom. The number of rotatable bonds is 9. The summed E-state index contributed by atoms with van der Waals surface area (Å²) in [6.45, 7) is 3.89. The smallest absolute Gasteiger partial charge is 0.304 e. The number of nitrogens with zero attached hydrogens (tertiary/aromatic N) is 2. The number of carboxylic acids is 1. The van der Waals surface area contributed by atoms with Crippen LogP contribution in [0.1, 0.15) is 37.7 Å². The maximum absolute atomic E-state index is 10.8. The molecule has 6 nitrogen and oxygen atoms in total. The first-order valence-electron chi connectivity index (χ1n) is 9.40. The number of nitrogens with one attached hydrogen (secondary N) is 1. The van der Waals surface area contributed by atoms with Crippen LogP contribution in [0.4, 0.5) is 0 Å². The van der Waals surface area contributed by atoms with E-state index >= 15 is 0 Å². The fourth-order valence-electron chi connectivity index (χ4n) is 3.44. The highest BCUT2D eigenvalue weighted by molar-refractivity contribution is 5.66. The van der Waals surface area contributed by atoms with Crippen LogP contribution in [0.3, 0.4) is 0 Å². The van der Waals surface area contributed by atoms with Crippen LogP contribution in [0.5, 0.6) is 5.75 Å². The number of likely N-dealkylation sites (tertiary alicyclic amines) is 1. The molecule has 1 saturated carbocycles. The van der Waals surface area contributed by atoms with Crippen LogP contribution < -0.4 is 10.1 Å². The molecule has 140 valence electrons. The highest BCUT2D eigenvalue weighted by Crippen LogP contribution is 2.34. The molecule has 1 aliphatic carbocycles. The topological polar surface area (TPSA) is 85.6 Å². The van der Waals surface area contributed by atoms with Gasteiger partial charge in [0.25, 0.3) is 0 Å². The van der Waals surface area contributed by atoms with Crippen molar-refractivity contribution in [3.05, 3.63) is 29.8 Å². The summed E-state index contributed by atoms with van der Waals surface area (Å²) < 4.78 is 6.08. The van der Waals surface area contributed by atoms with Crippen molar-refractivity contribution in [3.8, 4) is 11.8 Å². The molecule has 0 amide bonds. The van der Waals surface area contributed by atoms with E-state index in [2.05, 4.69) is 16.3 Å². The number of ether oxygens (including phenoxy) is 1. The molecule has 0 spiro atoms. The van der Waals surface area contributed by atoms with E-state index in [1.165, 1.54) is 12.8 Å². The fourth-order valence-corrected chi connectivity index (χ4v) is 3.44. The highest BCUT2D eigenvalue weighted by Gasteiger charge is 2.37. The third-order valence-electron chi connectivity index (χ3n) is 5.44. The summed E-state index contributed by atoms with van der Waals surface area (Å²) in [4.78, 5) is 13.0. The van der Waals surface area contributed by atoms with E-state index in [1.54, 1.807) is 6.07 Å². The Hall–Kier alpha value is -2.10. The second-order valence-electron chi connectivity index (χ2n) is 7.54. The Balaban J connectivity index is 1.59. The second kappa shape index (κ2) is 8.52. The molecular weight excluding hydrogens is 330 g/mol. The van der Waals surface area contributed by atoms with Crippen molar-refractivity contribution in [1.82, 2.24) is 10.2 Å². The Bertz CT molecular complexity index is 659. The Kier molecular flexibility index (Phi) is 6.12. The zero-order chi connectivity index (χ0) is 18.4. The van der Waals surface area contributed by atoms with Crippen LogP contribution in [0.2, 0.25) is 0 Å². The zero-order valence-electron chi connectivity index (χ0n) is 15.1. The lowest BCUT2D eigenvalue weighted by molar-refractivity contribution is -0.137. The highest BCUT2D eigenvalue weighted by atomic mass is 16.5. The summed E-state index contributed by atoms with van der Waals surface area (Å²) in [5.41, 5.74) is 0.599. The van der Waals surface area contributed by atoms with Gasteiger partial charge in [-0.1, -0.05) is 12.1 Å². The van der Waals surface area contributed by atoms with Crippen LogP contribution >= 0.6 is 0 Å². The number of carbonyl (C=O) groups is 1. The summed E-state index contributed by atoms with van der Waals surface area (Å²) in [7, 11) is 0. The van der Waals surface area contributed by atoms with Crippen molar-refractivity contribution in [2.75, 3.05) is 32.8 Å². The van der Waals surface area contributed by atoms with Gasteiger partial charge in [0.05, 0.1) is 18.6 Å². The molecule has 2 N–H and O–H groups in total. The second-order valence-corrected chi connectivity index (χ2v) is 7.54. The normalized spacial score (nSPS) is 19.7. The van der Waals surface area contributed by atoms with Crippen molar-refractivity contribution < 1.29 is 14.6 Å². The van der Waals surface area contributed by atoms with E-state index in [-0.39, 0.29) is 11.8 Å².